The first-order valence-corrected chi connectivity index (χ1v) is 3.78. The minimum atomic E-state index is 1.04. The van der Waals surface area contributed by atoms with Crippen molar-refractivity contribution in [1.82, 2.24) is 0 Å². The molecule has 0 aliphatic rings. The van der Waals surface area contributed by atoms with E-state index in [0.29, 0.717) is 0 Å². The van der Waals surface area contributed by atoms with Crippen LogP contribution < -0.4 is 0 Å². The number of rotatable bonds is 2. The van der Waals surface area contributed by atoms with E-state index in [-0.39, 0.29) is 0 Å². The minimum Gasteiger partial charge on any atom is -0.0613 e. The highest BCUT2D eigenvalue weighted by atomic mass is 13.9. The van der Waals surface area contributed by atoms with Crippen LogP contribution in [0.3, 0.4) is 0 Å². The Hall–Kier alpha value is -0.780. The van der Waals surface area contributed by atoms with Crippen LogP contribution in [0, 0.1) is 12.1 Å². The van der Waals surface area contributed by atoms with Crippen molar-refractivity contribution in [3.8, 4) is 0 Å². The molecule has 0 atom stereocenters. The van der Waals surface area contributed by atoms with Crippen molar-refractivity contribution < 1.29 is 0 Å². The molecule has 0 amide bonds. The van der Waals surface area contributed by atoms with Gasteiger partial charge in [0.1, 0.15) is 0 Å². The summed E-state index contributed by atoms with van der Waals surface area (Å²) in [5, 5.41) is 0. The molecule has 0 aliphatic heterocycles. The van der Waals surface area contributed by atoms with Crippen LogP contribution in [0.15, 0.2) is 12.1 Å². The second-order valence-electron chi connectivity index (χ2n) is 2.31. The lowest BCUT2D eigenvalue weighted by molar-refractivity contribution is 1.08. The second kappa shape index (κ2) is 3.40. The molecule has 0 heteroatoms. The zero-order valence-corrected chi connectivity index (χ0v) is 6.57. The molecule has 0 aliphatic carbocycles. The van der Waals surface area contributed by atoms with Crippen molar-refractivity contribution >= 4 is 0 Å². The van der Waals surface area contributed by atoms with Crippen molar-refractivity contribution in [2.45, 2.75) is 26.7 Å². The maximum absolute atomic E-state index is 3.29. The molecule has 0 fully saturated rings. The van der Waals surface area contributed by atoms with Gasteiger partial charge in [-0.05, 0) is 36.1 Å². The van der Waals surface area contributed by atoms with Gasteiger partial charge in [0.05, 0.1) is 0 Å². The fraction of sp³-hybridized carbons (Fsp3) is 0.400. The average Bonchev–Trinajstić information content (AvgIpc) is 2.05. The van der Waals surface area contributed by atoms with Crippen LogP contribution in [0.1, 0.15) is 25.0 Å². The number of aryl methyl sites for hydroxylation is 2. The Labute approximate surface area is 62.9 Å². The van der Waals surface area contributed by atoms with E-state index in [1.165, 1.54) is 11.1 Å². The van der Waals surface area contributed by atoms with Gasteiger partial charge in [-0.1, -0.05) is 26.0 Å². The standard InChI is InChI=1S/C10H12/c1-3-9-6-5-7-10(4-2)8-9/h5-6H,3-4H2,1-2H3. The van der Waals surface area contributed by atoms with Crippen LogP contribution in [0.4, 0.5) is 0 Å². The normalized spacial score (nSPS) is 9.80. The largest absolute Gasteiger partial charge is 0.0613 e. The third-order valence-corrected chi connectivity index (χ3v) is 1.59. The summed E-state index contributed by atoms with van der Waals surface area (Å²) >= 11 is 0. The number of benzene rings is 1. The third-order valence-electron chi connectivity index (χ3n) is 1.59. The van der Waals surface area contributed by atoms with E-state index in [9.17, 15) is 0 Å². The molecule has 0 heterocycles. The Morgan fingerprint density at radius 3 is 2.70 bits per heavy atom. The Balaban J connectivity index is 2.87. The summed E-state index contributed by atoms with van der Waals surface area (Å²) in [6.45, 7) is 4.27. The van der Waals surface area contributed by atoms with E-state index < -0.39 is 0 Å². The Kier molecular flexibility index (Phi) is 2.49. The summed E-state index contributed by atoms with van der Waals surface area (Å²) in [7, 11) is 0. The van der Waals surface area contributed by atoms with Crippen LogP contribution in [-0.4, -0.2) is 0 Å². The molecule has 2 radical (unpaired) electrons. The number of hydrogen-bond donors (Lipinski definition) is 0. The molecule has 0 unspecified atom stereocenters. The molecule has 0 spiro atoms. The summed E-state index contributed by atoms with van der Waals surface area (Å²) < 4.78 is 0. The molecule has 0 bridgehead atoms. The summed E-state index contributed by atoms with van der Waals surface area (Å²) in [6.07, 6.45) is 2.11. The fourth-order valence-corrected chi connectivity index (χ4v) is 0.911. The van der Waals surface area contributed by atoms with Gasteiger partial charge in [-0.25, -0.2) is 0 Å². The summed E-state index contributed by atoms with van der Waals surface area (Å²) in [5.74, 6) is 0. The van der Waals surface area contributed by atoms with Gasteiger partial charge in [-0.15, -0.1) is 0 Å². The molecule has 0 saturated carbocycles. The smallest absolute Gasteiger partial charge is 0.0108 e. The van der Waals surface area contributed by atoms with E-state index in [0.717, 1.165) is 12.8 Å². The van der Waals surface area contributed by atoms with Gasteiger partial charge in [0, 0.05) is 0 Å². The zero-order valence-electron chi connectivity index (χ0n) is 6.57. The van der Waals surface area contributed by atoms with E-state index in [1.807, 2.05) is 6.07 Å². The molecule has 0 aromatic heterocycles. The molecule has 10 heavy (non-hydrogen) atoms. The topological polar surface area (TPSA) is 0 Å². The van der Waals surface area contributed by atoms with Crippen molar-refractivity contribution in [1.29, 1.82) is 0 Å². The fourth-order valence-electron chi connectivity index (χ4n) is 0.911. The van der Waals surface area contributed by atoms with Gasteiger partial charge >= 0.3 is 0 Å². The maximum atomic E-state index is 3.29. The second-order valence-corrected chi connectivity index (χ2v) is 2.31. The lowest BCUT2D eigenvalue weighted by atomic mass is 10.1. The lowest BCUT2D eigenvalue weighted by Gasteiger charge is -1.97. The number of hydrogen-bond acceptors (Lipinski definition) is 0. The molecule has 0 saturated heterocycles. The first kappa shape index (κ1) is 7.33. The van der Waals surface area contributed by atoms with Gasteiger partial charge in [0.2, 0.25) is 0 Å². The summed E-state index contributed by atoms with van der Waals surface area (Å²) in [4.78, 5) is 0. The molecule has 0 N–H and O–H groups in total. The predicted octanol–water partition coefficient (Wildman–Crippen LogP) is 2.41. The van der Waals surface area contributed by atoms with Crippen LogP contribution in [-0.2, 0) is 12.8 Å². The Morgan fingerprint density at radius 1 is 1.30 bits per heavy atom. The van der Waals surface area contributed by atoms with Gasteiger partial charge in [0.15, 0.2) is 0 Å². The zero-order chi connectivity index (χ0) is 7.40. The monoisotopic (exact) mass is 132 g/mol. The van der Waals surface area contributed by atoms with Crippen LogP contribution in [0.2, 0.25) is 0 Å². The maximum Gasteiger partial charge on any atom is -0.0108 e. The van der Waals surface area contributed by atoms with E-state index in [1.54, 1.807) is 0 Å². The molecule has 1 aromatic carbocycles. The highest BCUT2D eigenvalue weighted by Crippen LogP contribution is 2.03. The Morgan fingerprint density at radius 2 is 2.10 bits per heavy atom. The first-order valence-electron chi connectivity index (χ1n) is 3.78. The SMILES string of the molecule is CCc1[c]ccc(CC)[c]1. The quantitative estimate of drug-likeness (QED) is 0.579. The van der Waals surface area contributed by atoms with Crippen molar-refractivity contribution in [2.75, 3.05) is 0 Å². The van der Waals surface area contributed by atoms with Gasteiger partial charge in [-0.2, -0.15) is 0 Å². The Bertz CT molecular complexity index is 182. The average molecular weight is 132 g/mol. The van der Waals surface area contributed by atoms with Crippen LogP contribution in [0.25, 0.3) is 0 Å². The van der Waals surface area contributed by atoms with Crippen LogP contribution >= 0.6 is 0 Å². The molecule has 52 valence electrons. The summed E-state index contributed by atoms with van der Waals surface area (Å²) in [5.41, 5.74) is 2.48. The highest BCUT2D eigenvalue weighted by molar-refractivity contribution is 5.20. The van der Waals surface area contributed by atoms with Gasteiger partial charge < -0.3 is 0 Å². The van der Waals surface area contributed by atoms with E-state index in [4.69, 9.17) is 0 Å². The highest BCUT2D eigenvalue weighted by Gasteiger charge is 1.91. The molecular formula is C10H12. The molecule has 0 nitrogen and oxygen atoms in total. The van der Waals surface area contributed by atoms with Gasteiger partial charge in [0.25, 0.3) is 0 Å². The van der Waals surface area contributed by atoms with Gasteiger partial charge in [-0.3, -0.25) is 0 Å². The van der Waals surface area contributed by atoms with E-state index >= 15 is 0 Å². The predicted molar refractivity (Wildman–Crippen MR) is 42.9 cm³/mol. The molecule has 1 rings (SSSR count). The van der Waals surface area contributed by atoms with Crippen molar-refractivity contribution in [2.24, 2.45) is 0 Å². The first-order chi connectivity index (χ1) is 4.86. The third kappa shape index (κ3) is 1.60. The van der Waals surface area contributed by atoms with Crippen molar-refractivity contribution in [3.05, 3.63) is 35.4 Å². The molecule has 1 aromatic rings. The van der Waals surface area contributed by atoms with E-state index in [2.05, 4.69) is 32.0 Å². The lowest BCUT2D eigenvalue weighted by Crippen LogP contribution is -1.84. The molecular weight excluding hydrogens is 120 g/mol. The summed E-state index contributed by atoms with van der Waals surface area (Å²) in [6, 6.07) is 10.5. The van der Waals surface area contributed by atoms with Crippen molar-refractivity contribution in [3.63, 3.8) is 0 Å². The minimum absolute atomic E-state index is 1.04. The van der Waals surface area contributed by atoms with Crippen LogP contribution in [0.5, 0.6) is 0 Å².